The van der Waals surface area contributed by atoms with Crippen molar-refractivity contribution in [2.45, 2.75) is 19.4 Å². The summed E-state index contributed by atoms with van der Waals surface area (Å²) in [5.41, 5.74) is 0.246. The summed E-state index contributed by atoms with van der Waals surface area (Å²) in [6.07, 6.45) is 1.14. The molecule has 1 aromatic carbocycles. The summed E-state index contributed by atoms with van der Waals surface area (Å²) in [4.78, 5) is 14.2. The smallest absolute Gasteiger partial charge is 0.180 e. The average molecular weight is 279 g/mol. The van der Waals surface area contributed by atoms with E-state index in [4.69, 9.17) is 4.74 Å². The van der Waals surface area contributed by atoms with Gasteiger partial charge in [0.1, 0.15) is 11.5 Å². The molecule has 1 fully saturated rings. The van der Waals surface area contributed by atoms with E-state index in [1.807, 2.05) is 4.90 Å². The Kier molecular flexibility index (Phi) is 4.62. The second kappa shape index (κ2) is 6.24. The number of aromatic hydroxyl groups is 2. The van der Waals surface area contributed by atoms with Gasteiger partial charge < -0.3 is 14.9 Å². The Balaban J connectivity index is 2.01. The Morgan fingerprint density at radius 2 is 2.20 bits per heavy atom. The van der Waals surface area contributed by atoms with Crippen LogP contribution in [0, 0.1) is 5.92 Å². The van der Waals surface area contributed by atoms with Gasteiger partial charge in [-0.1, -0.05) is 6.92 Å². The first-order valence-corrected chi connectivity index (χ1v) is 6.81. The SMILES string of the molecule is COC1CN(CC(=O)c2ccc(O)cc2O)CCC1C. The maximum absolute atomic E-state index is 12.2. The highest BCUT2D eigenvalue weighted by Crippen LogP contribution is 2.24. The topological polar surface area (TPSA) is 70.0 Å². The zero-order valence-corrected chi connectivity index (χ0v) is 11.9. The Hall–Kier alpha value is -1.59. The number of rotatable bonds is 4. The van der Waals surface area contributed by atoms with Crippen LogP contribution in [0.3, 0.4) is 0 Å². The van der Waals surface area contributed by atoms with E-state index >= 15 is 0 Å². The van der Waals surface area contributed by atoms with E-state index in [1.54, 1.807) is 7.11 Å². The number of phenolic OH excluding ortho intramolecular Hbond substituents is 2. The van der Waals surface area contributed by atoms with Crippen LogP contribution in [-0.2, 0) is 4.74 Å². The second-order valence-corrected chi connectivity index (χ2v) is 5.40. The normalized spacial score (nSPS) is 23.7. The Morgan fingerprint density at radius 3 is 2.85 bits per heavy atom. The molecule has 1 heterocycles. The number of likely N-dealkylation sites (tertiary alicyclic amines) is 1. The molecule has 1 aliphatic heterocycles. The molecule has 0 aliphatic carbocycles. The minimum Gasteiger partial charge on any atom is -0.508 e. The summed E-state index contributed by atoms with van der Waals surface area (Å²) in [6, 6.07) is 4.04. The molecule has 5 heteroatoms. The number of hydrogen-bond acceptors (Lipinski definition) is 5. The first kappa shape index (κ1) is 14.8. The van der Waals surface area contributed by atoms with Crippen molar-refractivity contribution in [1.29, 1.82) is 0 Å². The molecule has 2 atom stereocenters. The predicted molar refractivity (Wildman–Crippen MR) is 75.1 cm³/mol. The van der Waals surface area contributed by atoms with Crippen molar-refractivity contribution in [3.8, 4) is 11.5 Å². The number of hydrogen-bond donors (Lipinski definition) is 2. The maximum atomic E-state index is 12.2. The molecule has 1 aromatic rings. The standard InChI is InChI=1S/C15H21NO4/c1-10-5-6-16(9-15(10)20-2)8-14(19)12-4-3-11(17)7-13(12)18/h3-4,7,10,15,17-18H,5-6,8-9H2,1-2H3. The number of ether oxygens (including phenoxy) is 1. The molecule has 0 bridgehead atoms. The number of carbonyl (C=O) groups excluding carboxylic acids is 1. The molecular weight excluding hydrogens is 258 g/mol. The van der Waals surface area contributed by atoms with Gasteiger partial charge in [0.05, 0.1) is 18.2 Å². The Morgan fingerprint density at radius 1 is 1.45 bits per heavy atom. The van der Waals surface area contributed by atoms with E-state index in [2.05, 4.69) is 6.92 Å². The summed E-state index contributed by atoms with van der Waals surface area (Å²) < 4.78 is 5.42. The summed E-state index contributed by atoms with van der Waals surface area (Å²) >= 11 is 0. The molecule has 2 rings (SSSR count). The van der Waals surface area contributed by atoms with Crippen molar-refractivity contribution in [3.63, 3.8) is 0 Å². The van der Waals surface area contributed by atoms with Crippen LogP contribution in [0.2, 0.25) is 0 Å². The predicted octanol–water partition coefficient (Wildman–Crippen LogP) is 1.64. The second-order valence-electron chi connectivity index (χ2n) is 5.40. The highest BCUT2D eigenvalue weighted by Gasteiger charge is 2.27. The third-order valence-electron chi connectivity index (χ3n) is 3.93. The molecule has 0 aromatic heterocycles. The fourth-order valence-corrected chi connectivity index (χ4v) is 2.59. The van der Waals surface area contributed by atoms with Gasteiger partial charge in [-0.3, -0.25) is 9.69 Å². The van der Waals surface area contributed by atoms with Crippen molar-refractivity contribution in [3.05, 3.63) is 23.8 Å². The summed E-state index contributed by atoms with van der Waals surface area (Å²) in [7, 11) is 1.69. The molecule has 110 valence electrons. The lowest BCUT2D eigenvalue weighted by Gasteiger charge is -2.35. The molecule has 20 heavy (non-hydrogen) atoms. The Labute approximate surface area is 118 Å². The number of carbonyl (C=O) groups is 1. The minimum absolute atomic E-state index is 0.0507. The monoisotopic (exact) mass is 279 g/mol. The highest BCUT2D eigenvalue weighted by molar-refractivity contribution is 6.00. The molecule has 0 radical (unpaired) electrons. The van der Waals surface area contributed by atoms with Crippen LogP contribution < -0.4 is 0 Å². The van der Waals surface area contributed by atoms with E-state index in [0.717, 1.165) is 19.5 Å². The van der Waals surface area contributed by atoms with Gasteiger partial charge in [-0.2, -0.15) is 0 Å². The van der Waals surface area contributed by atoms with Gasteiger partial charge in [-0.15, -0.1) is 0 Å². The summed E-state index contributed by atoms with van der Waals surface area (Å²) in [5.74, 6) is 0.120. The van der Waals surface area contributed by atoms with E-state index < -0.39 is 0 Å². The average Bonchev–Trinajstić information content (AvgIpc) is 2.40. The first-order valence-electron chi connectivity index (χ1n) is 6.81. The number of phenols is 2. The number of methoxy groups -OCH3 is 1. The molecule has 0 saturated carbocycles. The molecule has 0 amide bonds. The number of Topliss-reactive ketones (excluding diaryl/α,β-unsaturated/α-hetero) is 1. The van der Waals surface area contributed by atoms with Crippen molar-refractivity contribution in [1.82, 2.24) is 4.90 Å². The zero-order valence-electron chi connectivity index (χ0n) is 11.9. The molecule has 1 saturated heterocycles. The summed E-state index contributed by atoms with van der Waals surface area (Å²) in [5, 5.41) is 18.9. The zero-order chi connectivity index (χ0) is 14.7. The van der Waals surface area contributed by atoms with Gasteiger partial charge in [-0.25, -0.2) is 0 Å². The minimum atomic E-state index is -0.177. The largest absolute Gasteiger partial charge is 0.508 e. The maximum Gasteiger partial charge on any atom is 0.180 e. The van der Waals surface area contributed by atoms with E-state index in [1.165, 1.54) is 18.2 Å². The van der Waals surface area contributed by atoms with Crippen LogP contribution in [0.4, 0.5) is 0 Å². The fraction of sp³-hybridized carbons (Fsp3) is 0.533. The molecular formula is C15H21NO4. The van der Waals surface area contributed by atoms with Crippen LogP contribution in [0.5, 0.6) is 11.5 Å². The van der Waals surface area contributed by atoms with Gasteiger partial charge in [0.2, 0.25) is 0 Å². The lowest BCUT2D eigenvalue weighted by atomic mass is 9.95. The van der Waals surface area contributed by atoms with Crippen LogP contribution >= 0.6 is 0 Å². The van der Waals surface area contributed by atoms with Crippen LogP contribution in [-0.4, -0.2) is 53.7 Å². The third-order valence-corrected chi connectivity index (χ3v) is 3.93. The molecule has 5 nitrogen and oxygen atoms in total. The van der Waals surface area contributed by atoms with Gasteiger partial charge in [-0.05, 0) is 31.0 Å². The molecule has 2 N–H and O–H groups in total. The van der Waals surface area contributed by atoms with Crippen LogP contribution in [0.25, 0.3) is 0 Å². The van der Waals surface area contributed by atoms with Crippen molar-refractivity contribution in [2.75, 3.05) is 26.7 Å². The fourth-order valence-electron chi connectivity index (χ4n) is 2.59. The van der Waals surface area contributed by atoms with Gasteiger partial charge in [0.15, 0.2) is 5.78 Å². The van der Waals surface area contributed by atoms with E-state index in [0.29, 0.717) is 5.92 Å². The van der Waals surface area contributed by atoms with Gasteiger partial charge >= 0.3 is 0 Å². The number of piperidine rings is 1. The Bertz CT molecular complexity index is 489. The van der Waals surface area contributed by atoms with E-state index in [9.17, 15) is 15.0 Å². The lowest BCUT2D eigenvalue weighted by molar-refractivity contribution is -0.00326. The van der Waals surface area contributed by atoms with Crippen molar-refractivity contribution in [2.24, 2.45) is 5.92 Å². The van der Waals surface area contributed by atoms with Crippen molar-refractivity contribution >= 4 is 5.78 Å². The number of ketones is 1. The molecule has 0 spiro atoms. The third kappa shape index (κ3) is 3.29. The van der Waals surface area contributed by atoms with Gasteiger partial charge in [0, 0.05) is 19.7 Å². The van der Waals surface area contributed by atoms with E-state index in [-0.39, 0.29) is 35.5 Å². The van der Waals surface area contributed by atoms with Gasteiger partial charge in [0.25, 0.3) is 0 Å². The highest BCUT2D eigenvalue weighted by atomic mass is 16.5. The van der Waals surface area contributed by atoms with Crippen LogP contribution in [0.1, 0.15) is 23.7 Å². The number of benzene rings is 1. The lowest BCUT2D eigenvalue weighted by Crippen LogP contribution is -2.45. The molecule has 2 unspecified atom stereocenters. The first-order chi connectivity index (χ1) is 9.51. The quantitative estimate of drug-likeness (QED) is 0.820. The number of nitrogens with zero attached hydrogens (tertiary/aromatic N) is 1. The summed E-state index contributed by atoms with van der Waals surface area (Å²) in [6.45, 7) is 3.98. The van der Waals surface area contributed by atoms with Crippen molar-refractivity contribution < 1.29 is 19.7 Å². The van der Waals surface area contributed by atoms with Crippen LogP contribution in [0.15, 0.2) is 18.2 Å². The molecule has 1 aliphatic rings.